The Hall–Kier alpha value is -0.220. The van der Waals surface area contributed by atoms with Gasteiger partial charge in [-0.15, -0.1) is 0 Å². The van der Waals surface area contributed by atoms with Crippen LogP contribution in [0.25, 0.3) is 0 Å². The van der Waals surface area contributed by atoms with Crippen molar-refractivity contribution in [2.45, 2.75) is 62.3 Å². The van der Waals surface area contributed by atoms with Gasteiger partial charge in [0.25, 0.3) is 0 Å². The number of carbonyl (C=O) groups excluding carboxylic acids is 1. The van der Waals surface area contributed by atoms with Crippen LogP contribution in [0, 0.1) is 0 Å². The smallest absolute Gasteiger partial charge is 0.237 e. The molecule has 0 spiro atoms. The quantitative estimate of drug-likeness (QED) is 0.810. The van der Waals surface area contributed by atoms with Crippen molar-refractivity contribution < 1.29 is 4.79 Å². The van der Waals surface area contributed by atoms with Gasteiger partial charge in [-0.3, -0.25) is 4.79 Å². The lowest BCUT2D eigenvalue weighted by atomic mass is 9.93. The van der Waals surface area contributed by atoms with Crippen LogP contribution >= 0.6 is 11.8 Å². The fraction of sp³-hybridized carbons (Fsp3) is 0.923. The van der Waals surface area contributed by atoms with E-state index in [1.165, 1.54) is 25.7 Å². The number of nitrogens with one attached hydrogen (secondary N) is 2. The molecule has 2 rings (SSSR count). The van der Waals surface area contributed by atoms with Crippen molar-refractivity contribution >= 4 is 17.7 Å². The summed E-state index contributed by atoms with van der Waals surface area (Å²) in [6.45, 7) is 0.855. The van der Waals surface area contributed by atoms with Crippen LogP contribution in [0.4, 0.5) is 0 Å². The number of hydrogen-bond donors (Lipinski definition) is 2. The lowest BCUT2D eigenvalue weighted by Gasteiger charge is -2.33. The molecule has 3 atom stereocenters. The van der Waals surface area contributed by atoms with Gasteiger partial charge in [0.15, 0.2) is 0 Å². The summed E-state index contributed by atoms with van der Waals surface area (Å²) < 4.78 is 0. The van der Waals surface area contributed by atoms with Gasteiger partial charge in [0.05, 0.1) is 6.04 Å². The summed E-state index contributed by atoms with van der Waals surface area (Å²) in [6.07, 6.45) is 10.7. The molecular formula is C13H24N2OS. The van der Waals surface area contributed by atoms with Crippen molar-refractivity contribution in [3.8, 4) is 0 Å². The number of rotatable bonds is 3. The zero-order chi connectivity index (χ0) is 12.1. The first-order valence-electron chi connectivity index (χ1n) is 6.88. The third-order valence-corrected chi connectivity index (χ3v) is 5.13. The molecule has 0 aromatic rings. The summed E-state index contributed by atoms with van der Waals surface area (Å²) >= 11 is 1.95. The molecule has 1 aliphatic heterocycles. The van der Waals surface area contributed by atoms with E-state index in [1.807, 2.05) is 11.8 Å². The Balaban J connectivity index is 1.90. The fourth-order valence-electron chi connectivity index (χ4n) is 2.93. The lowest BCUT2D eigenvalue weighted by Crippen LogP contribution is -2.51. The molecular weight excluding hydrogens is 232 g/mol. The van der Waals surface area contributed by atoms with Gasteiger partial charge in [-0.2, -0.15) is 11.8 Å². The van der Waals surface area contributed by atoms with Crippen molar-refractivity contribution in [3.05, 3.63) is 0 Å². The van der Waals surface area contributed by atoms with Gasteiger partial charge >= 0.3 is 0 Å². The molecule has 4 heteroatoms. The second kappa shape index (κ2) is 6.64. The van der Waals surface area contributed by atoms with Gasteiger partial charge in [0.1, 0.15) is 0 Å². The first-order valence-corrected chi connectivity index (χ1v) is 8.16. The van der Waals surface area contributed by atoms with Crippen LogP contribution in [-0.2, 0) is 4.79 Å². The molecule has 2 N–H and O–H groups in total. The minimum atomic E-state index is 0.0512. The molecule has 1 saturated heterocycles. The summed E-state index contributed by atoms with van der Waals surface area (Å²) in [5.74, 6) is 0.216. The van der Waals surface area contributed by atoms with E-state index in [1.54, 1.807) is 0 Å². The Kier molecular flexibility index (Phi) is 5.16. The maximum Gasteiger partial charge on any atom is 0.237 e. The largest absolute Gasteiger partial charge is 0.355 e. The van der Waals surface area contributed by atoms with Crippen LogP contribution in [0.2, 0.25) is 0 Å². The molecule has 3 unspecified atom stereocenters. The second-order valence-electron chi connectivity index (χ2n) is 5.17. The van der Waals surface area contributed by atoms with E-state index < -0.39 is 0 Å². The van der Waals surface area contributed by atoms with Gasteiger partial charge in [0, 0.05) is 17.8 Å². The van der Waals surface area contributed by atoms with Crippen LogP contribution in [0.15, 0.2) is 0 Å². The highest BCUT2D eigenvalue weighted by molar-refractivity contribution is 7.99. The molecule has 0 aromatic carbocycles. The Morgan fingerprint density at radius 2 is 1.94 bits per heavy atom. The van der Waals surface area contributed by atoms with Gasteiger partial charge in [-0.1, -0.05) is 12.8 Å². The van der Waals surface area contributed by atoms with E-state index in [9.17, 15) is 4.79 Å². The Bertz CT molecular complexity index is 260. The molecule has 3 nitrogen and oxygen atoms in total. The highest BCUT2D eigenvalue weighted by Gasteiger charge is 2.29. The maximum absolute atomic E-state index is 11.9. The SMILES string of the molecule is CSC1CCCCC1NC1CCCCNC1=O. The van der Waals surface area contributed by atoms with Crippen molar-refractivity contribution in [2.75, 3.05) is 12.8 Å². The standard InChI is InChI=1S/C13H24N2OS/c1-17-12-8-3-2-6-10(12)15-11-7-4-5-9-14-13(11)16/h10-12,15H,2-9H2,1H3,(H,14,16). The third kappa shape index (κ3) is 3.62. The predicted molar refractivity (Wildman–Crippen MR) is 73.3 cm³/mol. The monoisotopic (exact) mass is 256 g/mol. The van der Waals surface area contributed by atoms with Crippen LogP contribution in [0.1, 0.15) is 44.9 Å². The average molecular weight is 256 g/mol. The lowest BCUT2D eigenvalue weighted by molar-refractivity contribution is -0.123. The third-order valence-electron chi connectivity index (χ3n) is 3.96. The van der Waals surface area contributed by atoms with Gasteiger partial charge < -0.3 is 10.6 Å². The highest BCUT2D eigenvalue weighted by Crippen LogP contribution is 2.27. The predicted octanol–water partition coefficient (Wildman–Crippen LogP) is 1.92. The van der Waals surface area contributed by atoms with Gasteiger partial charge in [-0.25, -0.2) is 0 Å². The van der Waals surface area contributed by atoms with E-state index >= 15 is 0 Å². The van der Waals surface area contributed by atoms with E-state index in [0.717, 1.165) is 25.8 Å². The zero-order valence-corrected chi connectivity index (χ0v) is 11.5. The van der Waals surface area contributed by atoms with E-state index in [2.05, 4.69) is 16.9 Å². The van der Waals surface area contributed by atoms with Crippen LogP contribution in [0.3, 0.4) is 0 Å². The molecule has 98 valence electrons. The molecule has 0 radical (unpaired) electrons. The highest BCUT2D eigenvalue weighted by atomic mass is 32.2. The summed E-state index contributed by atoms with van der Waals surface area (Å²) in [6, 6.07) is 0.586. The van der Waals surface area contributed by atoms with Crippen molar-refractivity contribution in [1.29, 1.82) is 0 Å². The van der Waals surface area contributed by atoms with Crippen LogP contribution < -0.4 is 10.6 Å². The normalized spacial score (nSPS) is 35.1. The van der Waals surface area contributed by atoms with Gasteiger partial charge in [0.2, 0.25) is 5.91 Å². The summed E-state index contributed by atoms with van der Waals surface area (Å²) in [4.78, 5) is 11.9. The molecule has 0 aromatic heterocycles. The average Bonchev–Trinajstić information content (AvgIpc) is 2.56. The second-order valence-corrected chi connectivity index (χ2v) is 6.25. The molecule has 2 fully saturated rings. The van der Waals surface area contributed by atoms with E-state index in [4.69, 9.17) is 0 Å². The number of hydrogen-bond acceptors (Lipinski definition) is 3. The molecule has 1 heterocycles. The Morgan fingerprint density at radius 3 is 2.76 bits per heavy atom. The van der Waals surface area contributed by atoms with Crippen LogP contribution in [-0.4, -0.2) is 36.0 Å². The summed E-state index contributed by atoms with van der Waals surface area (Å²) in [7, 11) is 0. The minimum Gasteiger partial charge on any atom is -0.355 e. The molecule has 1 saturated carbocycles. The maximum atomic E-state index is 11.9. The van der Waals surface area contributed by atoms with Gasteiger partial charge in [-0.05, 0) is 38.4 Å². The number of amides is 1. The number of thioether (sulfide) groups is 1. The Morgan fingerprint density at radius 1 is 1.18 bits per heavy atom. The molecule has 1 aliphatic carbocycles. The minimum absolute atomic E-state index is 0.0512. The summed E-state index contributed by atoms with van der Waals surface area (Å²) in [5.41, 5.74) is 0. The van der Waals surface area contributed by atoms with E-state index in [0.29, 0.717) is 11.3 Å². The molecule has 17 heavy (non-hydrogen) atoms. The topological polar surface area (TPSA) is 41.1 Å². The molecule has 0 bridgehead atoms. The molecule has 2 aliphatic rings. The fourth-order valence-corrected chi connectivity index (χ4v) is 3.87. The van der Waals surface area contributed by atoms with Crippen molar-refractivity contribution in [2.24, 2.45) is 0 Å². The zero-order valence-electron chi connectivity index (χ0n) is 10.7. The molecule has 1 amide bonds. The van der Waals surface area contributed by atoms with Crippen LogP contribution in [0.5, 0.6) is 0 Å². The first-order chi connectivity index (χ1) is 8.31. The summed E-state index contributed by atoms with van der Waals surface area (Å²) in [5, 5.41) is 7.32. The first kappa shape index (κ1) is 13.2. The number of carbonyl (C=O) groups is 1. The van der Waals surface area contributed by atoms with Crippen molar-refractivity contribution in [3.63, 3.8) is 0 Å². The Labute approximate surface area is 108 Å². The van der Waals surface area contributed by atoms with E-state index in [-0.39, 0.29) is 11.9 Å². The van der Waals surface area contributed by atoms with Crippen molar-refractivity contribution in [1.82, 2.24) is 10.6 Å².